The van der Waals surface area contributed by atoms with Gasteiger partial charge in [-0.3, -0.25) is 9.89 Å². The Morgan fingerprint density at radius 1 is 1.32 bits per heavy atom. The van der Waals surface area contributed by atoms with Crippen LogP contribution in [0, 0.1) is 0 Å². The normalized spacial score (nSPS) is 15.3. The quantitative estimate of drug-likeness (QED) is 0.828. The lowest BCUT2D eigenvalue weighted by Crippen LogP contribution is -2.46. The lowest BCUT2D eigenvalue weighted by atomic mass is 10.2. The summed E-state index contributed by atoms with van der Waals surface area (Å²) in [4.78, 5) is 14.2. The highest BCUT2D eigenvalue weighted by Crippen LogP contribution is 2.22. The lowest BCUT2D eigenvalue weighted by molar-refractivity contribution is 0.0732. The van der Waals surface area contributed by atoms with Gasteiger partial charge in [0, 0.05) is 36.0 Å². The minimum atomic E-state index is 0. The highest BCUT2D eigenvalue weighted by atomic mass is 79.9. The molecule has 1 aliphatic heterocycles. The lowest BCUT2D eigenvalue weighted by Gasteiger charge is -2.26. The van der Waals surface area contributed by atoms with Gasteiger partial charge in [0.1, 0.15) is 0 Å². The van der Waals surface area contributed by atoms with Crippen LogP contribution in [0.1, 0.15) is 10.5 Å². The van der Waals surface area contributed by atoms with E-state index < -0.39 is 0 Å². The highest BCUT2D eigenvalue weighted by Gasteiger charge is 2.22. The molecule has 102 valence electrons. The zero-order chi connectivity index (χ0) is 12.5. The molecule has 0 spiro atoms. The second kappa shape index (κ2) is 5.90. The van der Waals surface area contributed by atoms with E-state index in [9.17, 15) is 4.79 Å². The molecule has 1 saturated heterocycles. The van der Waals surface area contributed by atoms with Gasteiger partial charge in [-0.2, -0.15) is 5.10 Å². The molecule has 1 aromatic carbocycles. The Labute approximate surface area is 125 Å². The number of piperazine rings is 1. The average Bonchev–Trinajstić information content (AvgIpc) is 2.82. The van der Waals surface area contributed by atoms with E-state index in [4.69, 9.17) is 0 Å². The average molecular weight is 346 g/mol. The molecule has 2 N–H and O–H groups in total. The Balaban J connectivity index is 0.00000133. The molecule has 7 heteroatoms. The van der Waals surface area contributed by atoms with Gasteiger partial charge >= 0.3 is 0 Å². The van der Waals surface area contributed by atoms with Crippen molar-refractivity contribution in [1.82, 2.24) is 20.4 Å². The first-order valence-electron chi connectivity index (χ1n) is 5.89. The summed E-state index contributed by atoms with van der Waals surface area (Å²) in [5.41, 5.74) is 1.39. The van der Waals surface area contributed by atoms with E-state index in [0.717, 1.165) is 41.6 Å². The van der Waals surface area contributed by atoms with Crippen molar-refractivity contribution in [3.8, 4) is 0 Å². The van der Waals surface area contributed by atoms with Crippen LogP contribution < -0.4 is 5.32 Å². The SMILES string of the molecule is Cl.O=C(c1n[nH]c2ccc(Br)cc12)N1CCNCC1. The van der Waals surface area contributed by atoms with Gasteiger partial charge in [-0.1, -0.05) is 15.9 Å². The molecule has 0 bridgehead atoms. The van der Waals surface area contributed by atoms with Crippen LogP contribution in [0.25, 0.3) is 10.9 Å². The summed E-state index contributed by atoms with van der Waals surface area (Å²) in [6, 6.07) is 5.77. The first-order chi connectivity index (χ1) is 8.75. The Hall–Kier alpha value is -1.11. The van der Waals surface area contributed by atoms with E-state index in [1.807, 2.05) is 23.1 Å². The number of halogens is 2. The van der Waals surface area contributed by atoms with Crippen LogP contribution in [-0.4, -0.2) is 47.2 Å². The maximum Gasteiger partial charge on any atom is 0.275 e. The topological polar surface area (TPSA) is 61.0 Å². The summed E-state index contributed by atoms with van der Waals surface area (Å²) in [5, 5.41) is 11.2. The van der Waals surface area contributed by atoms with Crippen LogP contribution in [0.15, 0.2) is 22.7 Å². The zero-order valence-electron chi connectivity index (χ0n) is 10.1. The molecule has 1 aromatic heterocycles. The molecule has 0 radical (unpaired) electrons. The van der Waals surface area contributed by atoms with Gasteiger partial charge in [-0.05, 0) is 18.2 Å². The second-order valence-corrected chi connectivity index (χ2v) is 5.22. The number of hydrogen-bond acceptors (Lipinski definition) is 3. The number of aromatic nitrogens is 2. The Kier molecular flexibility index (Phi) is 4.44. The van der Waals surface area contributed by atoms with Crippen LogP contribution in [0.5, 0.6) is 0 Å². The van der Waals surface area contributed by atoms with Gasteiger partial charge in [-0.15, -0.1) is 12.4 Å². The van der Waals surface area contributed by atoms with E-state index >= 15 is 0 Å². The van der Waals surface area contributed by atoms with Crippen molar-refractivity contribution in [1.29, 1.82) is 0 Å². The van der Waals surface area contributed by atoms with Crippen molar-refractivity contribution in [2.24, 2.45) is 0 Å². The monoisotopic (exact) mass is 344 g/mol. The van der Waals surface area contributed by atoms with Crippen LogP contribution in [-0.2, 0) is 0 Å². The number of aromatic amines is 1. The predicted octanol–water partition coefficient (Wildman–Crippen LogP) is 1.79. The summed E-state index contributed by atoms with van der Waals surface area (Å²) < 4.78 is 0.950. The van der Waals surface area contributed by atoms with E-state index in [1.165, 1.54) is 0 Å². The van der Waals surface area contributed by atoms with Gasteiger partial charge in [0.15, 0.2) is 5.69 Å². The predicted molar refractivity (Wildman–Crippen MR) is 79.8 cm³/mol. The molecule has 1 aliphatic rings. The van der Waals surface area contributed by atoms with E-state index in [2.05, 4.69) is 31.4 Å². The number of carbonyl (C=O) groups excluding carboxylic acids is 1. The molecule has 0 aliphatic carbocycles. The van der Waals surface area contributed by atoms with Gasteiger partial charge in [-0.25, -0.2) is 0 Å². The van der Waals surface area contributed by atoms with E-state index in [0.29, 0.717) is 5.69 Å². The zero-order valence-corrected chi connectivity index (χ0v) is 12.6. The summed E-state index contributed by atoms with van der Waals surface area (Å²) in [6.07, 6.45) is 0. The summed E-state index contributed by atoms with van der Waals surface area (Å²) in [7, 11) is 0. The highest BCUT2D eigenvalue weighted by molar-refractivity contribution is 9.10. The minimum Gasteiger partial charge on any atom is -0.335 e. The number of rotatable bonds is 1. The smallest absolute Gasteiger partial charge is 0.275 e. The van der Waals surface area contributed by atoms with Crippen molar-refractivity contribution in [2.45, 2.75) is 0 Å². The molecule has 19 heavy (non-hydrogen) atoms. The second-order valence-electron chi connectivity index (χ2n) is 4.30. The number of amides is 1. The van der Waals surface area contributed by atoms with Gasteiger partial charge in [0.25, 0.3) is 5.91 Å². The molecule has 2 aromatic rings. The third kappa shape index (κ3) is 2.75. The molecular formula is C12H14BrClN4O. The third-order valence-electron chi connectivity index (χ3n) is 3.13. The standard InChI is InChI=1S/C12H13BrN4O.ClH/c13-8-1-2-10-9(7-8)11(16-15-10)12(18)17-5-3-14-4-6-17;/h1-2,7,14H,3-6H2,(H,15,16);1H. The van der Waals surface area contributed by atoms with Crippen LogP contribution in [0.3, 0.4) is 0 Å². The fourth-order valence-corrected chi connectivity index (χ4v) is 2.53. The molecule has 0 saturated carbocycles. The van der Waals surface area contributed by atoms with Gasteiger partial charge < -0.3 is 10.2 Å². The van der Waals surface area contributed by atoms with Crippen molar-refractivity contribution in [2.75, 3.05) is 26.2 Å². The first kappa shape index (κ1) is 14.3. The maximum absolute atomic E-state index is 12.4. The number of nitrogens with zero attached hydrogens (tertiary/aromatic N) is 2. The van der Waals surface area contributed by atoms with Crippen molar-refractivity contribution < 1.29 is 4.79 Å². The Bertz CT molecular complexity index is 594. The third-order valence-corrected chi connectivity index (χ3v) is 3.62. The van der Waals surface area contributed by atoms with Crippen molar-refractivity contribution >= 4 is 45.1 Å². The number of carbonyl (C=O) groups is 1. The molecule has 0 unspecified atom stereocenters. The van der Waals surface area contributed by atoms with E-state index in [-0.39, 0.29) is 18.3 Å². The van der Waals surface area contributed by atoms with Gasteiger partial charge in [0.05, 0.1) is 5.52 Å². The number of nitrogens with one attached hydrogen (secondary N) is 2. The molecule has 5 nitrogen and oxygen atoms in total. The van der Waals surface area contributed by atoms with E-state index in [1.54, 1.807) is 0 Å². The number of hydrogen-bond donors (Lipinski definition) is 2. The maximum atomic E-state index is 12.4. The molecule has 0 atom stereocenters. The summed E-state index contributed by atoms with van der Waals surface area (Å²) in [5.74, 6) is 0.000787. The first-order valence-corrected chi connectivity index (χ1v) is 6.68. The fourth-order valence-electron chi connectivity index (χ4n) is 2.17. The molecular weight excluding hydrogens is 332 g/mol. The molecule has 1 fully saturated rings. The number of H-pyrrole nitrogens is 1. The van der Waals surface area contributed by atoms with Crippen LogP contribution >= 0.6 is 28.3 Å². The minimum absolute atomic E-state index is 0. The van der Waals surface area contributed by atoms with Crippen LogP contribution in [0.4, 0.5) is 0 Å². The molecule has 2 heterocycles. The summed E-state index contributed by atoms with van der Waals surface area (Å²) >= 11 is 3.42. The van der Waals surface area contributed by atoms with Crippen LogP contribution in [0.2, 0.25) is 0 Å². The number of fused-ring (bicyclic) bond motifs is 1. The Morgan fingerprint density at radius 3 is 2.79 bits per heavy atom. The van der Waals surface area contributed by atoms with Gasteiger partial charge in [0.2, 0.25) is 0 Å². The Morgan fingerprint density at radius 2 is 2.05 bits per heavy atom. The fraction of sp³-hybridized carbons (Fsp3) is 0.333. The van der Waals surface area contributed by atoms with Crippen molar-refractivity contribution in [3.63, 3.8) is 0 Å². The number of benzene rings is 1. The van der Waals surface area contributed by atoms with Crippen molar-refractivity contribution in [3.05, 3.63) is 28.4 Å². The molecule has 3 rings (SSSR count). The molecule has 1 amide bonds. The largest absolute Gasteiger partial charge is 0.335 e. The summed E-state index contributed by atoms with van der Waals surface area (Å²) in [6.45, 7) is 3.16.